The number of rotatable bonds is 6. The van der Waals surface area contributed by atoms with Crippen LogP contribution in [0.5, 0.6) is 0 Å². The van der Waals surface area contributed by atoms with Gasteiger partial charge in [0.2, 0.25) is 0 Å². The van der Waals surface area contributed by atoms with E-state index in [0.717, 1.165) is 6.42 Å². The van der Waals surface area contributed by atoms with E-state index in [1.165, 1.54) is 18.2 Å². The molecule has 1 aromatic rings. The van der Waals surface area contributed by atoms with Crippen LogP contribution in [-0.2, 0) is 0 Å². The summed E-state index contributed by atoms with van der Waals surface area (Å²) in [6, 6.07) is 3.44. The standard InChI is InChI=1S/C13H14N2O4/c1-3-6-9(4-2)14-12-10(13(16)17)7-5-8-11(12)15(18)19/h2,5,7-9,14H,3,6H2,1H3,(H,16,17). The molecule has 100 valence electrons. The summed E-state index contributed by atoms with van der Waals surface area (Å²) in [6.07, 6.45) is 6.71. The average molecular weight is 262 g/mol. The topological polar surface area (TPSA) is 92.5 Å². The van der Waals surface area contributed by atoms with Crippen LogP contribution in [0.25, 0.3) is 0 Å². The van der Waals surface area contributed by atoms with Crippen molar-refractivity contribution >= 4 is 17.3 Å². The fourth-order valence-corrected chi connectivity index (χ4v) is 1.68. The highest BCUT2D eigenvalue weighted by Crippen LogP contribution is 2.29. The van der Waals surface area contributed by atoms with Gasteiger partial charge in [-0.15, -0.1) is 6.42 Å². The molecular weight excluding hydrogens is 248 g/mol. The van der Waals surface area contributed by atoms with E-state index in [9.17, 15) is 14.9 Å². The Morgan fingerprint density at radius 1 is 1.63 bits per heavy atom. The average Bonchev–Trinajstić information content (AvgIpc) is 2.37. The lowest BCUT2D eigenvalue weighted by atomic mass is 10.1. The van der Waals surface area contributed by atoms with Gasteiger partial charge < -0.3 is 10.4 Å². The van der Waals surface area contributed by atoms with Crippen molar-refractivity contribution in [2.45, 2.75) is 25.8 Å². The molecule has 1 rings (SSSR count). The van der Waals surface area contributed by atoms with Crippen LogP contribution in [0.3, 0.4) is 0 Å². The lowest BCUT2D eigenvalue weighted by molar-refractivity contribution is -0.384. The van der Waals surface area contributed by atoms with Crippen LogP contribution in [-0.4, -0.2) is 22.0 Å². The molecule has 0 aliphatic heterocycles. The van der Waals surface area contributed by atoms with Crippen molar-refractivity contribution in [1.82, 2.24) is 0 Å². The first kappa shape index (κ1) is 14.5. The predicted molar refractivity (Wildman–Crippen MR) is 71.2 cm³/mol. The van der Waals surface area contributed by atoms with E-state index in [1.54, 1.807) is 0 Å². The number of aromatic carboxylic acids is 1. The number of hydrogen-bond donors (Lipinski definition) is 2. The van der Waals surface area contributed by atoms with Gasteiger partial charge in [-0.25, -0.2) is 4.79 Å². The molecule has 0 amide bonds. The van der Waals surface area contributed by atoms with Crippen molar-refractivity contribution in [2.24, 2.45) is 0 Å². The van der Waals surface area contributed by atoms with Crippen LogP contribution in [0, 0.1) is 22.5 Å². The zero-order chi connectivity index (χ0) is 14.4. The molecular formula is C13H14N2O4. The van der Waals surface area contributed by atoms with Gasteiger partial charge in [-0.05, 0) is 12.5 Å². The number of carbonyl (C=O) groups is 1. The fourth-order valence-electron chi connectivity index (χ4n) is 1.68. The number of anilines is 1. The normalized spacial score (nSPS) is 11.4. The van der Waals surface area contributed by atoms with E-state index in [0.29, 0.717) is 6.42 Å². The quantitative estimate of drug-likeness (QED) is 0.467. The van der Waals surface area contributed by atoms with Crippen LogP contribution in [0.15, 0.2) is 18.2 Å². The fraction of sp³-hybridized carbons (Fsp3) is 0.308. The first-order chi connectivity index (χ1) is 9.01. The third kappa shape index (κ3) is 3.45. The summed E-state index contributed by atoms with van der Waals surface area (Å²) in [4.78, 5) is 21.4. The van der Waals surface area contributed by atoms with Crippen molar-refractivity contribution in [3.05, 3.63) is 33.9 Å². The molecule has 2 N–H and O–H groups in total. The first-order valence-corrected chi connectivity index (χ1v) is 5.74. The highest BCUT2D eigenvalue weighted by atomic mass is 16.6. The number of hydrogen-bond acceptors (Lipinski definition) is 4. The van der Waals surface area contributed by atoms with Gasteiger partial charge in [0, 0.05) is 6.07 Å². The van der Waals surface area contributed by atoms with E-state index in [4.69, 9.17) is 11.5 Å². The summed E-state index contributed by atoms with van der Waals surface area (Å²) in [6.45, 7) is 1.92. The molecule has 6 nitrogen and oxygen atoms in total. The van der Waals surface area contributed by atoms with E-state index in [2.05, 4.69) is 11.2 Å². The number of benzene rings is 1. The summed E-state index contributed by atoms with van der Waals surface area (Å²) >= 11 is 0. The van der Waals surface area contributed by atoms with Crippen LogP contribution in [0.1, 0.15) is 30.1 Å². The molecule has 1 unspecified atom stereocenters. The van der Waals surface area contributed by atoms with Crippen LogP contribution < -0.4 is 5.32 Å². The summed E-state index contributed by atoms with van der Waals surface area (Å²) in [7, 11) is 0. The second kappa shape index (κ2) is 6.40. The molecule has 0 aromatic heterocycles. The molecule has 0 fully saturated rings. The number of carboxylic acids is 1. The Labute approximate surface area is 110 Å². The molecule has 19 heavy (non-hydrogen) atoms. The minimum atomic E-state index is -1.24. The molecule has 6 heteroatoms. The largest absolute Gasteiger partial charge is 0.478 e. The number of carboxylic acid groups (broad SMARTS) is 1. The molecule has 0 aliphatic carbocycles. The Kier molecular flexibility index (Phi) is 4.89. The Hall–Kier alpha value is -2.55. The van der Waals surface area contributed by atoms with Crippen molar-refractivity contribution in [2.75, 3.05) is 5.32 Å². The smallest absolute Gasteiger partial charge is 0.338 e. The Bertz CT molecular complexity index is 502. The van der Waals surface area contributed by atoms with E-state index in [1.807, 2.05) is 6.92 Å². The lowest BCUT2D eigenvalue weighted by Crippen LogP contribution is -2.19. The van der Waals surface area contributed by atoms with Crippen molar-refractivity contribution in [3.63, 3.8) is 0 Å². The van der Waals surface area contributed by atoms with E-state index >= 15 is 0 Å². The highest BCUT2D eigenvalue weighted by molar-refractivity contribution is 5.97. The number of nitrogens with one attached hydrogen (secondary N) is 1. The lowest BCUT2D eigenvalue weighted by Gasteiger charge is -2.15. The van der Waals surface area contributed by atoms with E-state index in [-0.39, 0.29) is 16.9 Å². The number of nitro benzene ring substituents is 1. The van der Waals surface area contributed by atoms with Crippen LogP contribution in [0.2, 0.25) is 0 Å². The second-order valence-corrected chi connectivity index (χ2v) is 3.91. The number of nitro groups is 1. The Morgan fingerprint density at radius 2 is 2.32 bits per heavy atom. The molecule has 0 spiro atoms. The van der Waals surface area contributed by atoms with Crippen molar-refractivity contribution < 1.29 is 14.8 Å². The van der Waals surface area contributed by atoms with Gasteiger partial charge in [-0.1, -0.05) is 25.3 Å². The molecule has 1 atom stereocenters. The SMILES string of the molecule is C#CC(CCC)Nc1c(C(=O)O)cccc1[N+](=O)[O-]. The highest BCUT2D eigenvalue weighted by Gasteiger charge is 2.22. The summed E-state index contributed by atoms with van der Waals surface area (Å²) in [5, 5.41) is 22.8. The molecule has 1 aromatic carbocycles. The summed E-state index contributed by atoms with van der Waals surface area (Å²) < 4.78 is 0. The summed E-state index contributed by atoms with van der Waals surface area (Å²) in [5.74, 6) is 1.22. The van der Waals surface area contributed by atoms with Gasteiger partial charge in [0.05, 0.1) is 16.5 Å². The molecule has 0 bridgehead atoms. The molecule has 0 radical (unpaired) electrons. The third-order valence-electron chi connectivity index (χ3n) is 2.57. The van der Waals surface area contributed by atoms with Gasteiger partial charge in [0.25, 0.3) is 5.69 Å². The minimum Gasteiger partial charge on any atom is -0.478 e. The number of terminal acetylenes is 1. The Morgan fingerprint density at radius 3 is 2.79 bits per heavy atom. The maximum atomic E-state index is 11.1. The molecule has 0 aliphatic rings. The zero-order valence-corrected chi connectivity index (χ0v) is 10.4. The third-order valence-corrected chi connectivity index (χ3v) is 2.57. The monoisotopic (exact) mass is 262 g/mol. The number of para-hydroxylation sites is 1. The maximum absolute atomic E-state index is 11.1. The van der Waals surface area contributed by atoms with Crippen LogP contribution >= 0.6 is 0 Å². The van der Waals surface area contributed by atoms with Crippen molar-refractivity contribution in [3.8, 4) is 12.3 Å². The van der Waals surface area contributed by atoms with Gasteiger partial charge >= 0.3 is 5.97 Å². The molecule has 0 saturated heterocycles. The van der Waals surface area contributed by atoms with Gasteiger partial charge in [-0.2, -0.15) is 0 Å². The second-order valence-electron chi connectivity index (χ2n) is 3.91. The molecule has 0 saturated carbocycles. The zero-order valence-electron chi connectivity index (χ0n) is 10.4. The number of nitrogens with zero attached hydrogens (tertiary/aromatic N) is 1. The van der Waals surface area contributed by atoms with Gasteiger partial charge in [0.15, 0.2) is 0 Å². The van der Waals surface area contributed by atoms with Crippen LogP contribution in [0.4, 0.5) is 11.4 Å². The molecule has 0 heterocycles. The van der Waals surface area contributed by atoms with Crippen molar-refractivity contribution in [1.29, 1.82) is 0 Å². The predicted octanol–water partition coefficient (Wildman–Crippen LogP) is 2.51. The first-order valence-electron chi connectivity index (χ1n) is 5.74. The Balaban J connectivity index is 3.25. The van der Waals surface area contributed by atoms with Gasteiger partial charge in [-0.3, -0.25) is 10.1 Å². The minimum absolute atomic E-state index is 0.0450. The van der Waals surface area contributed by atoms with E-state index < -0.39 is 16.9 Å². The van der Waals surface area contributed by atoms with Gasteiger partial charge in [0.1, 0.15) is 5.69 Å². The summed E-state index contributed by atoms with van der Waals surface area (Å²) in [5.41, 5.74) is -0.502. The maximum Gasteiger partial charge on any atom is 0.338 e.